The molecule has 0 heterocycles. The molecule has 4 nitrogen and oxygen atoms in total. The first-order chi connectivity index (χ1) is 13.1. The first-order valence-electron chi connectivity index (χ1n) is 9.20. The SMILES string of the molecule is COc1ccc2cc(C(C)C(=O)NCCN(C)c3ccccc3)ccc2c1. The van der Waals surface area contributed by atoms with Gasteiger partial charge in [0.2, 0.25) is 5.91 Å². The highest BCUT2D eigenvalue weighted by molar-refractivity contribution is 5.88. The van der Waals surface area contributed by atoms with Crippen LogP contribution in [0.5, 0.6) is 5.75 Å². The van der Waals surface area contributed by atoms with Gasteiger partial charge in [-0.3, -0.25) is 4.79 Å². The molecule has 4 heteroatoms. The number of anilines is 1. The molecule has 0 aromatic heterocycles. The molecular weight excluding hydrogens is 336 g/mol. The number of carbonyl (C=O) groups is 1. The van der Waals surface area contributed by atoms with E-state index < -0.39 is 0 Å². The summed E-state index contributed by atoms with van der Waals surface area (Å²) in [6.07, 6.45) is 0. The van der Waals surface area contributed by atoms with Crippen LogP contribution in [0, 0.1) is 0 Å². The number of ether oxygens (including phenoxy) is 1. The second-order valence-electron chi connectivity index (χ2n) is 6.74. The monoisotopic (exact) mass is 362 g/mol. The normalized spacial score (nSPS) is 11.8. The van der Waals surface area contributed by atoms with E-state index in [0.717, 1.165) is 34.3 Å². The number of amides is 1. The van der Waals surface area contributed by atoms with E-state index >= 15 is 0 Å². The number of rotatable bonds is 7. The van der Waals surface area contributed by atoms with E-state index in [1.807, 2.05) is 62.5 Å². The molecule has 0 radical (unpaired) electrons. The summed E-state index contributed by atoms with van der Waals surface area (Å²) in [5, 5.41) is 5.26. The largest absolute Gasteiger partial charge is 0.497 e. The fourth-order valence-corrected chi connectivity index (χ4v) is 3.10. The zero-order chi connectivity index (χ0) is 19.2. The van der Waals surface area contributed by atoms with Gasteiger partial charge in [0.25, 0.3) is 0 Å². The highest BCUT2D eigenvalue weighted by Crippen LogP contribution is 2.25. The lowest BCUT2D eigenvalue weighted by Crippen LogP contribution is -2.35. The van der Waals surface area contributed by atoms with E-state index in [9.17, 15) is 4.79 Å². The number of carbonyl (C=O) groups excluding carboxylic acids is 1. The van der Waals surface area contributed by atoms with Gasteiger partial charge >= 0.3 is 0 Å². The Balaban J connectivity index is 1.59. The van der Waals surface area contributed by atoms with Crippen molar-refractivity contribution in [3.8, 4) is 5.75 Å². The molecule has 1 amide bonds. The van der Waals surface area contributed by atoms with Crippen LogP contribution in [0.25, 0.3) is 10.8 Å². The Morgan fingerprint density at radius 1 is 1.04 bits per heavy atom. The van der Waals surface area contributed by atoms with E-state index in [-0.39, 0.29) is 11.8 Å². The second-order valence-corrected chi connectivity index (χ2v) is 6.74. The summed E-state index contributed by atoms with van der Waals surface area (Å²) in [4.78, 5) is 14.7. The Labute approximate surface area is 160 Å². The van der Waals surface area contributed by atoms with Crippen LogP contribution in [0.4, 0.5) is 5.69 Å². The molecule has 1 N–H and O–H groups in total. The number of likely N-dealkylation sites (N-methyl/N-ethyl adjacent to an activating group) is 1. The second kappa shape index (κ2) is 8.58. The van der Waals surface area contributed by atoms with Crippen molar-refractivity contribution in [3.63, 3.8) is 0 Å². The van der Waals surface area contributed by atoms with Crippen molar-refractivity contribution in [1.82, 2.24) is 5.32 Å². The molecule has 0 aliphatic carbocycles. The summed E-state index contributed by atoms with van der Waals surface area (Å²) in [5.41, 5.74) is 2.16. The van der Waals surface area contributed by atoms with Crippen molar-refractivity contribution in [1.29, 1.82) is 0 Å². The van der Waals surface area contributed by atoms with Crippen LogP contribution in [0.2, 0.25) is 0 Å². The molecule has 0 fully saturated rings. The molecule has 0 aliphatic rings. The summed E-state index contributed by atoms with van der Waals surface area (Å²) in [5.74, 6) is 0.687. The number of benzene rings is 3. The molecule has 140 valence electrons. The number of methoxy groups -OCH3 is 1. The lowest BCUT2D eigenvalue weighted by atomic mass is 9.97. The number of fused-ring (bicyclic) bond motifs is 1. The molecule has 3 rings (SSSR count). The number of hydrogen-bond acceptors (Lipinski definition) is 3. The lowest BCUT2D eigenvalue weighted by molar-refractivity contribution is -0.122. The Hall–Kier alpha value is -3.01. The van der Waals surface area contributed by atoms with Crippen LogP contribution in [0.15, 0.2) is 66.7 Å². The minimum Gasteiger partial charge on any atom is -0.497 e. The first-order valence-corrected chi connectivity index (χ1v) is 9.20. The summed E-state index contributed by atoms with van der Waals surface area (Å²) in [6.45, 7) is 3.32. The van der Waals surface area contributed by atoms with E-state index in [1.165, 1.54) is 0 Å². The smallest absolute Gasteiger partial charge is 0.227 e. The molecule has 0 bridgehead atoms. The molecule has 27 heavy (non-hydrogen) atoms. The molecule has 1 unspecified atom stereocenters. The topological polar surface area (TPSA) is 41.6 Å². The fourth-order valence-electron chi connectivity index (χ4n) is 3.10. The minimum atomic E-state index is -0.196. The average Bonchev–Trinajstić information content (AvgIpc) is 2.72. The predicted octanol–water partition coefficient (Wildman–Crippen LogP) is 4.20. The summed E-state index contributed by atoms with van der Waals surface area (Å²) >= 11 is 0. The fraction of sp³-hybridized carbons (Fsp3) is 0.261. The Kier molecular flexibility index (Phi) is 5.97. The zero-order valence-electron chi connectivity index (χ0n) is 16.1. The third-order valence-electron chi connectivity index (χ3n) is 4.91. The van der Waals surface area contributed by atoms with Crippen LogP contribution in [-0.4, -0.2) is 33.2 Å². The van der Waals surface area contributed by atoms with Gasteiger partial charge in [-0.25, -0.2) is 0 Å². The van der Waals surface area contributed by atoms with Crippen LogP contribution in [0.1, 0.15) is 18.4 Å². The molecule has 0 spiro atoms. The maximum Gasteiger partial charge on any atom is 0.227 e. The Bertz CT molecular complexity index is 909. The van der Waals surface area contributed by atoms with Crippen LogP contribution >= 0.6 is 0 Å². The number of hydrogen-bond donors (Lipinski definition) is 1. The van der Waals surface area contributed by atoms with Crippen LogP contribution in [0.3, 0.4) is 0 Å². The number of nitrogens with one attached hydrogen (secondary N) is 1. The van der Waals surface area contributed by atoms with E-state index in [2.05, 4.69) is 28.4 Å². The van der Waals surface area contributed by atoms with Gasteiger partial charge in [-0.1, -0.05) is 42.5 Å². The van der Waals surface area contributed by atoms with Crippen LogP contribution < -0.4 is 15.0 Å². The average molecular weight is 362 g/mol. The molecule has 0 saturated heterocycles. The summed E-state index contributed by atoms with van der Waals surface area (Å²) in [7, 11) is 3.69. The quantitative estimate of drug-likeness (QED) is 0.685. The van der Waals surface area contributed by atoms with Crippen molar-refractivity contribution < 1.29 is 9.53 Å². The molecule has 0 saturated carbocycles. The molecular formula is C23H26N2O2. The van der Waals surface area contributed by atoms with Gasteiger partial charge in [0, 0.05) is 25.8 Å². The van der Waals surface area contributed by atoms with Gasteiger partial charge in [0.05, 0.1) is 13.0 Å². The highest BCUT2D eigenvalue weighted by atomic mass is 16.5. The molecule has 3 aromatic carbocycles. The maximum atomic E-state index is 12.5. The summed E-state index contributed by atoms with van der Waals surface area (Å²) < 4.78 is 5.27. The van der Waals surface area contributed by atoms with Crippen molar-refractivity contribution in [2.24, 2.45) is 0 Å². The standard InChI is InChI=1S/C23H26N2O2/c1-17(18-9-10-20-16-22(27-3)12-11-19(20)15-18)23(26)24-13-14-25(2)21-7-5-4-6-8-21/h4-12,15-17H,13-14H2,1-3H3,(H,24,26). The number of nitrogens with zero attached hydrogens (tertiary/aromatic N) is 1. The van der Waals surface area contributed by atoms with Gasteiger partial charge in [0.15, 0.2) is 0 Å². The highest BCUT2D eigenvalue weighted by Gasteiger charge is 2.15. The molecule has 1 atom stereocenters. The zero-order valence-corrected chi connectivity index (χ0v) is 16.1. The van der Waals surface area contributed by atoms with Crippen LogP contribution in [-0.2, 0) is 4.79 Å². The minimum absolute atomic E-state index is 0.0457. The van der Waals surface area contributed by atoms with Gasteiger partial charge in [-0.2, -0.15) is 0 Å². The van der Waals surface area contributed by atoms with Gasteiger partial charge in [-0.15, -0.1) is 0 Å². The Morgan fingerprint density at radius 3 is 2.48 bits per heavy atom. The van der Waals surface area contributed by atoms with Crippen molar-refractivity contribution in [3.05, 3.63) is 72.3 Å². The van der Waals surface area contributed by atoms with Crippen molar-refractivity contribution in [2.75, 3.05) is 32.1 Å². The van der Waals surface area contributed by atoms with E-state index in [1.54, 1.807) is 7.11 Å². The molecule has 0 aliphatic heterocycles. The third-order valence-corrected chi connectivity index (χ3v) is 4.91. The third kappa shape index (κ3) is 4.59. The van der Waals surface area contributed by atoms with Gasteiger partial charge in [-0.05, 0) is 47.5 Å². The van der Waals surface area contributed by atoms with E-state index in [4.69, 9.17) is 4.74 Å². The summed E-state index contributed by atoms with van der Waals surface area (Å²) in [6, 6.07) is 22.3. The predicted molar refractivity (Wildman–Crippen MR) is 112 cm³/mol. The Morgan fingerprint density at radius 2 is 1.74 bits per heavy atom. The lowest BCUT2D eigenvalue weighted by Gasteiger charge is -2.20. The molecule has 3 aromatic rings. The van der Waals surface area contributed by atoms with Crippen molar-refractivity contribution >= 4 is 22.4 Å². The maximum absolute atomic E-state index is 12.5. The number of para-hydroxylation sites is 1. The van der Waals surface area contributed by atoms with Gasteiger partial charge < -0.3 is 15.0 Å². The van der Waals surface area contributed by atoms with Crippen molar-refractivity contribution in [2.45, 2.75) is 12.8 Å². The van der Waals surface area contributed by atoms with E-state index in [0.29, 0.717) is 6.54 Å². The first kappa shape index (κ1) is 18.8. The van der Waals surface area contributed by atoms with Gasteiger partial charge in [0.1, 0.15) is 5.75 Å².